The normalized spacial score (nSPS) is 18.4. The lowest BCUT2D eigenvalue weighted by molar-refractivity contribution is -0.133. The fourth-order valence-electron chi connectivity index (χ4n) is 3.77. The van der Waals surface area contributed by atoms with Crippen molar-refractivity contribution in [1.82, 2.24) is 10.2 Å². The molecule has 1 heterocycles. The third kappa shape index (κ3) is 3.24. The molecule has 4 amide bonds. The maximum Gasteiger partial charge on any atom is 0.325 e. The first kappa shape index (κ1) is 19.4. The van der Waals surface area contributed by atoms with Gasteiger partial charge in [0.05, 0.1) is 12.8 Å². The molecule has 1 aliphatic heterocycles. The summed E-state index contributed by atoms with van der Waals surface area (Å²) in [6, 6.07) is 19.6. The van der Waals surface area contributed by atoms with Crippen LogP contribution in [0, 0.1) is 0 Å². The van der Waals surface area contributed by atoms with E-state index in [1.165, 1.54) is 7.11 Å². The van der Waals surface area contributed by atoms with E-state index in [1.807, 2.05) is 42.5 Å². The number of nitrogens with zero attached hydrogens (tertiary/aromatic N) is 1. The molecule has 4 rings (SSSR count). The van der Waals surface area contributed by atoms with Crippen molar-refractivity contribution >= 4 is 34.3 Å². The number of carbonyl (C=O) groups excluding carboxylic acids is 3. The Morgan fingerprint density at radius 3 is 2.53 bits per heavy atom. The van der Waals surface area contributed by atoms with Crippen LogP contribution in [-0.4, -0.2) is 36.4 Å². The third-order valence-corrected chi connectivity index (χ3v) is 5.29. The van der Waals surface area contributed by atoms with Crippen LogP contribution < -0.4 is 15.4 Å². The molecule has 7 heteroatoms. The minimum Gasteiger partial charge on any atom is -0.495 e. The molecule has 3 aromatic rings. The van der Waals surface area contributed by atoms with E-state index in [0.29, 0.717) is 17.0 Å². The van der Waals surface area contributed by atoms with Crippen molar-refractivity contribution in [2.45, 2.75) is 12.5 Å². The fourth-order valence-corrected chi connectivity index (χ4v) is 3.77. The SMILES string of the molecule is COc1ccccc1NC(=O)CN1C(=O)NC(C)(c2cccc3ccccc23)C1=O. The summed E-state index contributed by atoms with van der Waals surface area (Å²) in [7, 11) is 1.50. The standard InChI is InChI=1S/C23H21N3O4/c1-23(17-11-7-9-15-8-3-4-10-16(15)17)21(28)26(22(29)25-23)14-20(27)24-18-12-5-6-13-19(18)30-2/h3-13H,14H2,1-2H3,(H,24,27)(H,25,29). The van der Waals surface area contributed by atoms with E-state index < -0.39 is 29.9 Å². The Morgan fingerprint density at radius 1 is 1.03 bits per heavy atom. The van der Waals surface area contributed by atoms with Gasteiger partial charge in [-0.25, -0.2) is 4.79 Å². The number of nitrogens with one attached hydrogen (secondary N) is 2. The molecule has 1 unspecified atom stereocenters. The Kier molecular flexibility index (Phi) is 4.87. The molecule has 30 heavy (non-hydrogen) atoms. The minimum absolute atomic E-state index is 0.400. The smallest absolute Gasteiger partial charge is 0.325 e. The van der Waals surface area contributed by atoms with Gasteiger partial charge in [0.15, 0.2) is 0 Å². The van der Waals surface area contributed by atoms with Gasteiger partial charge in [0.2, 0.25) is 5.91 Å². The topological polar surface area (TPSA) is 87.7 Å². The summed E-state index contributed by atoms with van der Waals surface area (Å²) < 4.78 is 5.22. The Bertz CT molecular complexity index is 1150. The zero-order valence-corrected chi connectivity index (χ0v) is 16.6. The lowest BCUT2D eigenvalue weighted by atomic mass is 9.88. The third-order valence-electron chi connectivity index (χ3n) is 5.29. The van der Waals surface area contributed by atoms with Crippen molar-refractivity contribution < 1.29 is 19.1 Å². The number of rotatable bonds is 5. The molecular weight excluding hydrogens is 382 g/mol. The van der Waals surface area contributed by atoms with E-state index >= 15 is 0 Å². The predicted molar refractivity (Wildman–Crippen MR) is 113 cm³/mol. The number of carbonyl (C=O) groups is 3. The van der Waals surface area contributed by atoms with E-state index in [0.717, 1.165) is 15.7 Å². The zero-order chi connectivity index (χ0) is 21.3. The van der Waals surface area contributed by atoms with E-state index in [4.69, 9.17) is 4.74 Å². The Hall–Kier alpha value is -3.87. The highest BCUT2D eigenvalue weighted by molar-refractivity contribution is 6.11. The molecule has 3 aromatic carbocycles. The number of methoxy groups -OCH3 is 1. The summed E-state index contributed by atoms with van der Waals surface area (Å²) in [5.41, 5.74) is -0.108. The quantitative estimate of drug-likeness (QED) is 0.640. The molecule has 0 aliphatic carbocycles. The molecular formula is C23H21N3O4. The summed E-state index contributed by atoms with van der Waals surface area (Å²) in [5, 5.41) is 7.29. The highest BCUT2D eigenvalue weighted by Crippen LogP contribution is 2.34. The van der Waals surface area contributed by atoms with Crippen LogP contribution in [-0.2, 0) is 15.1 Å². The predicted octanol–water partition coefficient (Wildman–Crippen LogP) is 3.25. The first-order chi connectivity index (χ1) is 14.4. The molecule has 0 saturated carbocycles. The number of hydrogen-bond donors (Lipinski definition) is 2. The van der Waals surface area contributed by atoms with Gasteiger partial charge in [0.25, 0.3) is 5.91 Å². The number of urea groups is 1. The van der Waals surface area contributed by atoms with Crippen LogP contribution in [0.15, 0.2) is 66.7 Å². The molecule has 2 N–H and O–H groups in total. The highest BCUT2D eigenvalue weighted by Gasteiger charge is 2.50. The molecule has 7 nitrogen and oxygen atoms in total. The molecule has 0 spiro atoms. The summed E-state index contributed by atoms with van der Waals surface area (Å²) in [6.45, 7) is 1.26. The Labute approximate surface area is 173 Å². The number of hydrogen-bond acceptors (Lipinski definition) is 4. The number of amides is 4. The molecule has 1 aliphatic rings. The van der Waals surface area contributed by atoms with Crippen LogP contribution in [0.2, 0.25) is 0 Å². The van der Waals surface area contributed by atoms with Gasteiger partial charge in [-0.05, 0) is 35.4 Å². The van der Waals surface area contributed by atoms with Gasteiger partial charge in [0.1, 0.15) is 17.8 Å². The monoisotopic (exact) mass is 403 g/mol. The van der Waals surface area contributed by atoms with Crippen LogP contribution in [0.5, 0.6) is 5.75 Å². The first-order valence-corrected chi connectivity index (χ1v) is 9.49. The van der Waals surface area contributed by atoms with E-state index in [2.05, 4.69) is 10.6 Å². The van der Waals surface area contributed by atoms with Crippen LogP contribution in [0.3, 0.4) is 0 Å². The van der Waals surface area contributed by atoms with Crippen LogP contribution in [0.1, 0.15) is 12.5 Å². The number of benzene rings is 3. The second kappa shape index (κ2) is 7.51. The van der Waals surface area contributed by atoms with Crippen LogP contribution in [0.4, 0.5) is 10.5 Å². The second-order valence-corrected chi connectivity index (χ2v) is 7.22. The van der Waals surface area contributed by atoms with E-state index in [1.54, 1.807) is 31.2 Å². The van der Waals surface area contributed by atoms with Crippen molar-refractivity contribution in [3.05, 3.63) is 72.3 Å². The van der Waals surface area contributed by atoms with Crippen molar-refractivity contribution in [2.24, 2.45) is 0 Å². The number of para-hydroxylation sites is 2. The average molecular weight is 403 g/mol. The van der Waals surface area contributed by atoms with Crippen LogP contribution in [0.25, 0.3) is 10.8 Å². The molecule has 1 saturated heterocycles. The Morgan fingerprint density at radius 2 is 1.73 bits per heavy atom. The lowest BCUT2D eigenvalue weighted by Gasteiger charge is -2.24. The van der Waals surface area contributed by atoms with Crippen molar-refractivity contribution in [1.29, 1.82) is 0 Å². The average Bonchev–Trinajstić information content (AvgIpc) is 2.97. The van der Waals surface area contributed by atoms with Gasteiger partial charge in [-0.1, -0.05) is 54.6 Å². The molecule has 1 atom stereocenters. The number of fused-ring (bicyclic) bond motifs is 1. The van der Waals surface area contributed by atoms with Crippen LogP contribution >= 0.6 is 0 Å². The molecule has 1 fully saturated rings. The zero-order valence-electron chi connectivity index (χ0n) is 16.6. The van der Waals surface area contributed by atoms with Crippen molar-refractivity contribution in [3.8, 4) is 5.75 Å². The summed E-state index contributed by atoms with van der Waals surface area (Å²) in [4.78, 5) is 39.3. The van der Waals surface area contributed by atoms with Gasteiger partial charge < -0.3 is 15.4 Å². The van der Waals surface area contributed by atoms with E-state index in [-0.39, 0.29) is 0 Å². The maximum absolute atomic E-state index is 13.2. The molecule has 0 aromatic heterocycles. The first-order valence-electron chi connectivity index (χ1n) is 9.49. The molecule has 0 bridgehead atoms. The number of ether oxygens (including phenoxy) is 1. The van der Waals surface area contributed by atoms with Crippen molar-refractivity contribution in [3.63, 3.8) is 0 Å². The summed E-state index contributed by atoms with van der Waals surface area (Å²) in [6.07, 6.45) is 0. The van der Waals surface area contributed by atoms with Gasteiger partial charge in [-0.2, -0.15) is 0 Å². The lowest BCUT2D eigenvalue weighted by Crippen LogP contribution is -2.42. The molecule has 0 radical (unpaired) electrons. The van der Waals surface area contributed by atoms with Gasteiger partial charge in [-0.3, -0.25) is 14.5 Å². The Balaban J connectivity index is 1.59. The van der Waals surface area contributed by atoms with Gasteiger partial charge in [0, 0.05) is 0 Å². The summed E-state index contributed by atoms with van der Waals surface area (Å²) in [5.74, 6) is -0.479. The fraction of sp³-hybridized carbons (Fsp3) is 0.174. The summed E-state index contributed by atoms with van der Waals surface area (Å²) >= 11 is 0. The minimum atomic E-state index is -1.26. The second-order valence-electron chi connectivity index (χ2n) is 7.22. The largest absolute Gasteiger partial charge is 0.495 e. The van der Waals surface area contributed by atoms with E-state index in [9.17, 15) is 14.4 Å². The number of anilines is 1. The van der Waals surface area contributed by atoms with Crippen molar-refractivity contribution in [2.75, 3.05) is 19.0 Å². The van der Waals surface area contributed by atoms with Gasteiger partial charge in [-0.15, -0.1) is 0 Å². The van der Waals surface area contributed by atoms with Gasteiger partial charge >= 0.3 is 6.03 Å². The number of imide groups is 1. The molecule has 152 valence electrons. The maximum atomic E-state index is 13.2. The highest BCUT2D eigenvalue weighted by atomic mass is 16.5.